The van der Waals surface area contributed by atoms with E-state index in [1.807, 2.05) is 18.2 Å². The van der Waals surface area contributed by atoms with E-state index in [0.717, 1.165) is 36.0 Å². The number of nitrogens with zero attached hydrogens (tertiary/aromatic N) is 2. The molecule has 3 rings (SSSR count). The maximum absolute atomic E-state index is 6.15. The molecule has 6 heteroatoms. The van der Waals surface area contributed by atoms with Crippen molar-refractivity contribution in [2.45, 2.75) is 45.6 Å². The molecule has 148 valence electrons. The Balaban J connectivity index is 1.55. The number of hydrogen-bond acceptors (Lipinski definition) is 2. The summed E-state index contributed by atoms with van der Waals surface area (Å²) in [6.07, 6.45) is 6.57. The highest BCUT2D eigenvalue weighted by molar-refractivity contribution is 6.31. The van der Waals surface area contributed by atoms with Crippen LogP contribution in [0.15, 0.2) is 29.4 Å². The molecule has 1 aliphatic rings. The third-order valence-electron chi connectivity index (χ3n) is 5.19. The van der Waals surface area contributed by atoms with Crippen LogP contribution >= 0.6 is 11.6 Å². The van der Waals surface area contributed by atoms with Crippen molar-refractivity contribution in [1.29, 1.82) is 0 Å². The van der Waals surface area contributed by atoms with E-state index in [1.54, 1.807) is 0 Å². The fourth-order valence-electron chi connectivity index (χ4n) is 3.78. The Kier molecular flexibility index (Phi) is 7.41. The maximum atomic E-state index is 6.15. The first-order chi connectivity index (χ1) is 13.2. The van der Waals surface area contributed by atoms with Crippen molar-refractivity contribution < 1.29 is 0 Å². The Hall–Kier alpha value is -1.72. The molecule has 0 spiro atoms. The molecule has 5 nitrogen and oxygen atoms in total. The van der Waals surface area contributed by atoms with Crippen LogP contribution in [0.25, 0.3) is 10.9 Å². The van der Waals surface area contributed by atoms with Crippen molar-refractivity contribution >= 4 is 28.5 Å². The normalized spacial score (nSPS) is 16.8. The molecular formula is C21H32ClN5. The number of aromatic nitrogens is 1. The number of aliphatic imine (C=N–C) groups is 1. The van der Waals surface area contributed by atoms with Gasteiger partial charge in [-0.15, -0.1) is 0 Å². The predicted molar refractivity (Wildman–Crippen MR) is 116 cm³/mol. The molecule has 27 heavy (non-hydrogen) atoms. The maximum Gasteiger partial charge on any atom is 0.191 e. The molecule has 1 fully saturated rings. The standard InChI is InChI=1S/C21H32ClN5/c1-3-11-27-12-8-18(9-13-27)26-21(23-4-2)24-10-7-16-15-25-20-6-5-17(22)14-19(16)20/h5-6,14-15,18,25H,3-4,7-13H2,1-2H3,(H2,23,24,26). The molecular weight excluding hydrogens is 358 g/mol. The van der Waals surface area contributed by atoms with Crippen LogP contribution in [0.4, 0.5) is 0 Å². The van der Waals surface area contributed by atoms with E-state index in [1.165, 1.54) is 49.8 Å². The molecule has 0 aliphatic carbocycles. The Bertz CT molecular complexity index is 746. The minimum atomic E-state index is 0.516. The van der Waals surface area contributed by atoms with Crippen molar-refractivity contribution in [2.75, 3.05) is 32.7 Å². The van der Waals surface area contributed by atoms with Crippen LogP contribution in [0.3, 0.4) is 0 Å². The quantitative estimate of drug-likeness (QED) is 0.498. The Labute approximate surface area is 167 Å². The van der Waals surface area contributed by atoms with E-state index in [2.05, 4.69) is 40.6 Å². The molecule has 1 aromatic heterocycles. The highest BCUT2D eigenvalue weighted by atomic mass is 35.5. The zero-order valence-electron chi connectivity index (χ0n) is 16.5. The van der Waals surface area contributed by atoms with Gasteiger partial charge in [-0.2, -0.15) is 0 Å². The lowest BCUT2D eigenvalue weighted by Gasteiger charge is -2.32. The monoisotopic (exact) mass is 389 g/mol. The summed E-state index contributed by atoms with van der Waals surface area (Å²) in [5.41, 5.74) is 2.39. The Morgan fingerprint density at radius 2 is 2.11 bits per heavy atom. The summed E-state index contributed by atoms with van der Waals surface area (Å²) in [6, 6.07) is 6.49. The number of benzene rings is 1. The second kappa shape index (κ2) is 10.00. The van der Waals surface area contributed by atoms with Gasteiger partial charge in [0.2, 0.25) is 0 Å². The van der Waals surface area contributed by atoms with Gasteiger partial charge >= 0.3 is 0 Å². The highest BCUT2D eigenvalue weighted by Gasteiger charge is 2.19. The number of aromatic amines is 1. The summed E-state index contributed by atoms with van der Waals surface area (Å²) >= 11 is 6.15. The number of rotatable bonds is 7. The van der Waals surface area contributed by atoms with Crippen LogP contribution in [-0.2, 0) is 6.42 Å². The summed E-state index contributed by atoms with van der Waals surface area (Å²) < 4.78 is 0. The minimum Gasteiger partial charge on any atom is -0.361 e. The van der Waals surface area contributed by atoms with Gasteiger partial charge in [0, 0.05) is 54.3 Å². The summed E-state index contributed by atoms with van der Waals surface area (Å²) in [6.45, 7) is 9.58. The average molecular weight is 390 g/mol. The van der Waals surface area contributed by atoms with Gasteiger partial charge in [0.05, 0.1) is 0 Å². The van der Waals surface area contributed by atoms with Crippen molar-refractivity contribution in [1.82, 2.24) is 20.5 Å². The lowest BCUT2D eigenvalue weighted by molar-refractivity contribution is 0.206. The van der Waals surface area contributed by atoms with Crippen LogP contribution in [-0.4, -0.2) is 54.6 Å². The van der Waals surface area contributed by atoms with Gasteiger partial charge in [-0.05, 0) is 62.9 Å². The minimum absolute atomic E-state index is 0.516. The average Bonchev–Trinajstić information content (AvgIpc) is 3.06. The molecule has 3 N–H and O–H groups in total. The summed E-state index contributed by atoms with van der Waals surface area (Å²) in [5.74, 6) is 0.935. The first-order valence-corrected chi connectivity index (χ1v) is 10.6. The number of hydrogen-bond donors (Lipinski definition) is 3. The number of piperidine rings is 1. The lowest BCUT2D eigenvalue weighted by Crippen LogP contribution is -2.48. The predicted octanol–water partition coefficient (Wildman–Crippen LogP) is 3.79. The first-order valence-electron chi connectivity index (χ1n) is 10.2. The van der Waals surface area contributed by atoms with Gasteiger partial charge in [0.25, 0.3) is 0 Å². The van der Waals surface area contributed by atoms with Gasteiger partial charge in [-0.25, -0.2) is 0 Å². The van der Waals surface area contributed by atoms with Crippen LogP contribution in [0.5, 0.6) is 0 Å². The molecule has 0 amide bonds. The fraction of sp³-hybridized carbons (Fsp3) is 0.571. The molecule has 0 atom stereocenters. The van der Waals surface area contributed by atoms with E-state index >= 15 is 0 Å². The second-order valence-electron chi connectivity index (χ2n) is 7.27. The van der Waals surface area contributed by atoms with Crippen LogP contribution < -0.4 is 10.6 Å². The van der Waals surface area contributed by atoms with Gasteiger partial charge in [-0.1, -0.05) is 18.5 Å². The zero-order chi connectivity index (χ0) is 19.1. The third kappa shape index (κ3) is 5.63. The molecule has 1 aromatic carbocycles. The number of H-pyrrole nitrogens is 1. The second-order valence-corrected chi connectivity index (χ2v) is 7.71. The zero-order valence-corrected chi connectivity index (χ0v) is 17.3. The Morgan fingerprint density at radius 1 is 1.30 bits per heavy atom. The van der Waals surface area contributed by atoms with Gasteiger partial charge in [0.1, 0.15) is 0 Å². The van der Waals surface area contributed by atoms with E-state index in [0.29, 0.717) is 6.04 Å². The van der Waals surface area contributed by atoms with Gasteiger partial charge in [0.15, 0.2) is 5.96 Å². The summed E-state index contributed by atoms with van der Waals surface area (Å²) in [4.78, 5) is 10.7. The smallest absolute Gasteiger partial charge is 0.191 e. The topological polar surface area (TPSA) is 55.5 Å². The van der Waals surface area contributed by atoms with E-state index in [4.69, 9.17) is 16.6 Å². The lowest BCUT2D eigenvalue weighted by atomic mass is 10.1. The highest BCUT2D eigenvalue weighted by Crippen LogP contribution is 2.22. The molecule has 1 saturated heterocycles. The molecule has 1 aliphatic heterocycles. The molecule has 2 heterocycles. The molecule has 0 unspecified atom stereocenters. The van der Waals surface area contributed by atoms with E-state index < -0.39 is 0 Å². The number of halogens is 1. The summed E-state index contributed by atoms with van der Waals surface area (Å²) in [7, 11) is 0. The molecule has 2 aromatic rings. The molecule has 0 radical (unpaired) electrons. The van der Waals surface area contributed by atoms with Gasteiger partial charge in [-0.3, -0.25) is 4.99 Å². The van der Waals surface area contributed by atoms with E-state index in [-0.39, 0.29) is 0 Å². The summed E-state index contributed by atoms with van der Waals surface area (Å²) in [5, 5.41) is 8.99. The van der Waals surface area contributed by atoms with Crippen molar-refractivity contribution in [2.24, 2.45) is 4.99 Å². The molecule has 0 saturated carbocycles. The number of nitrogens with one attached hydrogen (secondary N) is 3. The fourth-order valence-corrected chi connectivity index (χ4v) is 3.95. The Morgan fingerprint density at radius 3 is 2.85 bits per heavy atom. The largest absolute Gasteiger partial charge is 0.361 e. The van der Waals surface area contributed by atoms with Gasteiger partial charge < -0.3 is 20.5 Å². The van der Waals surface area contributed by atoms with Crippen molar-refractivity contribution in [3.05, 3.63) is 35.0 Å². The number of guanidine groups is 1. The van der Waals surface area contributed by atoms with Crippen LogP contribution in [0.1, 0.15) is 38.7 Å². The van der Waals surface area contributed by atoms with Crippen molar-refractivity contribution in [3.8, 4) is 0 Å². The SMILES string of the molecule is CCCN1CCC(NC(=NCCc2c[nH]c3ccc(Cl)cc23)NCC)CC1. The molecule has 0 bridgehead atoms. The first kappa shape index (κ1) is 20.0. The number of likely N-dealkylation sites (tertiary alicyclic amines) is 1. The van der Waals surface area contributed by atoms with Crippen molar-refractivity contribution in [3.63, 3.8) is 0 Å². The van der Waals surface area contributed by atoms with E-state index in [9.17, 15) is 0 Å². The van der Waals surface area contributed by atoms with Crippen LogP contribution in [0.2, 0.25) is 5.02 Å². The van der Waals surface area contributed by atoms with Crippen LogP contribution in [0, 0.1) is 0 Å². The number of fused-ring (bicyclic) bond motifs is 1. The third-order valence-corrected chi connectivity index (χ3v) is 5.43.